The van der Waals surface area contributed by atoms with Crippen molar-refractivity contribution < 1.29 is 9.90 Å². The Hall–Kier alpha value is -2.70. The maximum Gasteiger partial charge on any atom is 0.335 e. The summed E-state index contributed by atoms with van der Waals surface area (Å²) in [4.78, 5) is 19.5. The molecule has 0 bridgehead atoms. The van der Waals surface area contributed by atoms with Gasteiger partial charge < -0.3 is 10.8 Å². The van der Waals surface area contributed by atoms with Gasteiger partial charge in [0, 0.05) is 20.7 Å². The number of fused-ring (bicyclic) bond motifs is 3. The molecule has 3 N–H and O–H groups in total. The summed E-state index contributed by atoms with van der Waals surface area (Å²) in [6.07, 6.45) is 1.45. The van der Waals surface area contributed by atoms with E-state index in [1.54, 1.807) is 12.1 Å². The van der Waals surface area contributed by atoms with E-state index in [2.05, 4.69) is 9.97 Å². The third-order valence-corrected chi connectivity index (χ3v) is 5.30. The third-order valence-electron chi connectivity index (χ3n) is 3.80. The number of hydrogen-bond donors (Lipinski definition) is 2. The van der Waals surface area contributed by atoms with Gasteiger partial charge in [-0.1, -0.05) is 23.7 Å². The second kappa shape index (κ2) is 5.43. The van der Waals surface area contributed by atoms with Gasteiger partial charge >= 0.3 is 5.97 Å². The first-order valence-electron chi connectivity index (χ1n) is 7.00. The molecule has 0 aliphatic carbocycles. The molecule has 118 valence electrons. The van der Waals surface area contributed by atoms with Crippen LogP contribution in [-0.2, 0) is 0 Å². The minimum Gasteiger partial charge on any atom is -0.478 e. The lowest BCUT2D eigenvalue weighted by Gasteiger charge is -2.06. The number of thiophene rings is 1. The lowest BCUT2D eigenvalue weighted by molar-refractivity contribution is 0.0697. The van der Waals surface area contributed by atoms with Crippen LogP contribution in [0.25, 0.3) is 31.4 Å². The predicted octanol–water partition coefficient (Wildman–Crippen LogP) is 4.45. The Morgan fingerprint density at radius 3 is 2.79 bits per heavy atom. The van der Waals surface area contributed by atoms with Crippen LogP contribution in [0.4, 0.5) is 5.82 Å². The van der Waals surface area contributed by atoms with E-state index in [0.29, 0.717) is 16.4 Å². The molecule has 0 saturated heterocycles. The molecule has 0 aliphatic heterocycles. The zero-order chi connectivity index (χ0) is 16.8. The zero-order valence-electron chi connectivity index (χ0n) is 12.2. The molecule has 0 saturated carbocycles. The van der Waals surface area contributed by atoms with Crippen molar-refractivity contribution in [1.82, 2.24) is 9.97 Å². The predicted molar refractivity (Wildman–Crippen MR) is 96.7 cm³/mol. The molecule has 4 aromatic rings. The highest BCUT2D eigenvalue weighted by Crippen LogP contribution is 2.38. The minimum absolute atomic E-state index is 0.195. The van der Waals surface area contributed by atoms with Gasteiger partial charge in [0.25, 0.3) is 0 Å². The number of nitrogens with zero attached hydrogens (tertiary/aromatic N) is 2. The molecule has 24 heavy (non-hydrogen) atoms. The molecule has 0 spiro atoms. The highest BCUT2D eigenvalue weighted by Gasteiger charge is 2.13. The molecule has 7 heteroatoms. The molecule has 2 heterocycles. The number of carbonyl (C=O) groups is 1. The van der Waals surface area contributed by atoms with Gasteiger partial charge in [-0.15, -0.1) is 11.3 Å². The van der Waals surface area contributed by atoms with E-state index in [1.165, 1.54) is 23.7 Å². The quantitative estimate of drug-likeness (QED) is 0.554. The Morgan fingerprint density at radius 2 is 2.00 bits per heavy atom. The number of carboxylic acids is 1. The summed E-state index contributed by atoms with van der Waals surface area (Å²) in [6, 6.07) is 10.5. The van der Waals surface area contributed by atoms with E-state index >= 15 is 0 Å². The van der Waals surface area contributed by atoms with Crippen LogP contribution in [0.3, 0.4) is 0 Å². The Labute approximate surface area is 145 Å². The lowest BCUT2D eigenvalue weighted by Crippen LogP contribution is -1.96. The second-order valence-electron chi connectivity index (χ2n) is 5.25. The van der Waals surface area contributed by atoms with Crippen LogP contribution in [0.15, 0.2) is 42.7 Å². The van der Waals surface area contributed by atoms with Crippen LogP contribution in [-0.4, -0.2) is 21.0 Å². The molecule has 0 aliphatic rings. The van der Waals surface area contributed by atoms with E-state index in [4.69, 9.17) is 17.3 Å². The van der Waals surface area contributed by atoms with E-state index < -0.39 is 5.97 Å². The normalized spacial score (nSPS) is 11.2. The number of nitrogens with two attached hydrogens (primary N) is 1. The van der Waals surface area contributed by atoms with Crippen LogP contribution in [0.2, 0.25) is 5.02 Å². The topological polar surface area (TPSA) is 89.1 Å². The summed E-state index contributed by atoms with van der Waals surface area (Å²) >= 11 is 7.76. The Morgan fingerprint density at radius 1 is 1.17 bits per heavy atom. The number of benzene rings is 2. The van der Waals surface area contributed by atoms with E-state index in [0.717, 1.165) is 25.9 Å². The fourth-order valence-electron chi connectivity index (χ4n) is 2.64. The summed E-state index contributed by atoms with van der Waals surface area (Å²) in [5.74, 6) is -0.535. The molecule has 2 aromatic heterocycles. The average Bonchev–Trinajstić information content (AvgIpc) is 2.94. The Bertz CT molecular complexity index is 1120. The molecule has 5 nitrogen and oxygen atoms in total. The van der Waals surface area contributed by atoms with Gasteiger partial charge in [-0.25, -0.2) is 14.8 Å². The number of carboxylic acid groups (broad SMARTS) is 1. The van der Waals surface area contributed by atoms with Crippen LogP contribution in [0.1, 0.15) is 10.4 Å². The van der Waals surface area contributed by atoms with Gasteiger partial charge in [-0.2, -0.15) is 0 Å². The summed E-state index contributed by atoms with van der Waals surface area (Å²) in [5, 5.41) is 10.7. The molecular weight excluding hydrogens is 346 g/mol. The maximum absolute atomic E-state index is 11.2. The lowest BCUT2D eigenvalue weighted by atomic mass is 10.0. The highest BCUT2D eigenvalue weighted by molar-refractivity contribution is 7.26. The zero-order valence-corrected chi connectivity index (χ0v) is 13.7. The fraction of sp³-hybridized carbons (Fsp3) is 0. The Balaban J connectivity index is 1.95. The van der Waals surface area contributed by atoms with Crippen molar-refractivity contribution >= 4 is 55.0 Å². The van der Waals surface area contributed by atoms with Crippen molar-refractivity contribution in [1.29, 1.82) is 0 Å². The highest BCUT2D eigenvalue weighted by atomic mass is 35.5. The monoisotopic (exact) mass is 355 g/mol. The molecule has 0 unspecified atom stereocenters. The molecule has 0 atom stereocenters. The molecule has 2 aromatic carbocycles. The summed E-state index contributed by atoms with van der Waals surface area (Å²) in [7, 11) is 0. The van der Waals surface area contributed by atoms with Gasteiger partial charge in [-0.3, -0.25) is 0 Å². The first-order valence-corrected chi connectivity index (χ1v) is 8.20. The number of aromatic nitrogens is 2. The summed E-state index contributed by atoms with van der Waals surface area (Å²) in [5.41, 5.74) is 8.45. The SMILES string of the molecule is Nc1ncnc2c1sc1cc(-c3cc(C(=O)O)ccc3Cl)ccc12. The minimum atomic E-state index is -0.987. The van der Waals surface area contributed by atoms with Gasteiger partial charge in [0.1, 0.15) is 12.1 Å². The van der Waals surface area contributed by atoms with Crippen molar-refractivity contribution in [3.8, 4) is 11.1 Å². The smallest absolute Gasteiger partial charge is 0.335 e. The van der Waals surface area contributed by atoms with Crippen molar-refractivity contribution in [2.24, 2.45) is 0 Å². The van der Waals surface area contributed by atoms with E-state index in [1.807, 2.05) is 18.2 Å². The maximum atomic E-state index is 11.2. The molecular formula is C17H10ClN3O2S. The number of anilines is 1. The standard InChI is InChI=1S/C17H10ClN3O2S/c18-12-4-2-9(17(22)23)5-11(12)8-1-3-10-13(6-8)24-15-14(10)20-7-21-16(15)19/h1-7H,(H,22,23)(H2,19,20,21). The van der Waals surface area contributed by atoms with Crippen LogP contribution in [0, 0.1) is 0 Å². The largest absolute Gasteiger partial charge is 0.478 e. The third kappa shape index (κ3) is 2.28. The molecule has 4 rings (SSSR count). The first-order chi connectivity index (χ1) is 11.5. The van der Waals surface area contributed by atoms with Gasteiger partial charge in [0.05, 0.1) is 15.8 Å². The van der Waals surface area contributed by atoms with Crippen molar-refractivity contribution in [2.45, 2.75) is 0 Å². The van der Waals surface area contributed by atoms with Crippen LogP contribution in [0.5, 0.6) is 0 Å². The van der Waals surface area contributed by atoms with Crippen molar-refractivity contribution in [2.75, 3.05) is 5.73 Å². The van der Waals surface area contributed by atoms with Crippen LogP contribution < -0.4 is 5.73 Å². The van der Waals surface area contributed by atoms with Gasteiger partial charge in [0.2, 0.25) is 0 Å². The van der Waals surface area contributed by atoms with Gasteiger partial charge in [0.15, 0.2) is 0 Å². The number of nitrogen functional groups attached to an aromatic ring is 1. The molecule has 0 radical (unpaired) electrons. The van der Waals surface area contributed by atoms with E-state index in [9.17, 15) is 9.90 Å². The van der Waals surface area contributed by atoms with Crippen molar-refractivity contribution in [3.63, 3.8) is 0 Å². The number of aromatic carboxylic acids is 1. The molecule has 0 amide bonds. The van der Waals surface area contributed by atoms with E-state index in [-0.39, 0.29) is 5.56 Å². The molecule has 0 fully saturated rings. The van der Waals surface area contributed by atoms with Crippen molar-refractivity contribution in [3.05, 3.63) is 53.3 Å². The Kier molecular flexibility index (Phi) is 3.37. The summed E-state index contributed by atoms with van der Waals surface area (Å²) in [6.45, 7) is 0. The van der Waals surface area contributed by atoms with Gasteiger partial charge in [-0.05, 0) is 29.8 Å². The van der Waals surface area contributed by atoms with Crippen LogP contribution >= 0.6 is 22.9 Å². The average molecular weight is 356 g/mol. The summed E-state index contributed by atoms with van der Waals surface area (Å²) < 4.78 is 1.83. The number of rotatable bonds is 2. The number of halogens is 1. The second-order valence-corrected chi connectivity index (χ2v) is 6.71. The number of hydrogen-bond acceptors (Lipinski definition) is 5. The first kappa shape index (κ1) is 14.9. The fourth-order valence-corrected chi connectivity index (χ4v) is 3.96.